The molecule has 1 atom stereocenters. The summed E-state index contributed by atoms with van der Waals surface area (Å²) in [4.78, 5) is 32.9. The van der Waals surface area contributed by atoms with Gasteiger partial charge < -0.3 is 14.2 Å². The van der Waals surface area contributed by atoms with Gasteiger partial charge in [0.2, 0.25) is 0 Å². The number of rotatable bonds is 9. The molecule has 0 saturated carbocycles. The quantitative estimate of drug-likeness (QED) is 0.276. The van der Waals surface area contributed by atoms with Gasteiger partial charge in [-0.2, -0.15) is 0 Å². The van der Waals surface area contributed by atoms with Crippen molar-refractivity contribution in [2.24, 2.45) is 0 Å². The number of hydrogen-bond donors (Lipinski definition) is 0. The fourth-order valence-corrected chi connectivity index (χ4v) is 1.79. The molecule has 0 N–H and O–H groups in total. The Balaban J connectivity index is 3.99. The van der Waals surface area contributed by atoms with Gasteiger partial charge in [0, 0.05) is 13.8 Å². The molecule has 0 saturated heterocycles. The molecule has 0 heterocycles. The molecule has 7 heteroatoms. The molecule has 0 unspecified atom stereocenters. The van der Waals surface area contributed by atoms with Crippen LogP contribution >= 0.6 is 11.8 Å². The maximum absolute atomic E-state index is 11.4. The molecule has 0 aromatic heterocycles. The number of esters is 3. The van der Waals surface area contributed by atoms with Gasteiger partial charge in [0.25, 0.3) is 0 Å². The lowest BCUT2D eigenvalue weighted by atomic mass is 10.4. The molecule has 110 valence electrons. The average molecular weight is 292 g/mol. The minimum Gasteiger partial charge on any atom is -0.465 e. The van der Waals surface area contributed by atoms with E-state index in [1.54, 1.807) is 0 Å². The van der Waals surface area contributed by atoms with Crippen molar-refractivity contribution in [3.8, 4) is 0 Å². The Morgan fingerprint density at radius 2 is 1.79 bits per heavy atom. The van der Waals surface area contributed by atoms with Crippen molar-refractivity contribution in [3.63, 3.8) is 0 Å². The highest BCUT2D eigenvalue weighted by atomic mass is 32.2. The largest absolute Gasteiger partial charge is 0.465 e. The van der Waals surface area contributed by atoms with Gasteiger partial charge in [-0.3, -0.25) is 14.4 Å². The van der Waals surface area contributed by atoms with Crippen LogP contribution < -0.4 is 0 Å². The summed E-state index contributed by atoms with van der Waals surface area (Å²) in [6.45, 7) is 4.81. The van der Waals surface area contributed by atoms with Crippen LogP contribution in [0.3, 0.4) is 0 Å². The fraction of sp³-hybridized carbons (Fsp3) is 0.750. The van der Waals surface area contributed by atoms with Crippen LogP contribution in [0.25, 0.3) is 0 Å². The first kappa shape index (κ1) is 17.8. The zero-order valence-corrected chi connectivity index (χ0v) is 12.3. The Bertz CT molecular complexity index is 305. The first-order chi connectivity index (χ1) is 8.95. The molecule has 0 aliphatic heterocycles. The summed E-state index contributed by atoms with van der Waals surface area (Å²) >= 11 is 1.06. The van der Waals surface area contributed by atoms with E-state index in [-0.39, 0.29) is 18.3 Å². The summed E-state index contributed by atoms with van der Waals surface area (Å²) < 4.78 is 14.6. The van der Waals surface area contributed by atoms with Gasteiger partial charge in [0.1, 0.15) is 6.61 Å². The molecule has 0 aliphatic carbocycles. The van der Waals surface area contributed by atoms with Gasteiger partial charge in [0.05, 0.1) is 12.4 Å². The molecule has 6 nitrogen and oxygen atoms in total. The van der Waals surface area contributed by atoms with Crippen LogP contribution in [0.15, 0.2) is 0 Å². The van der Waals surface area contributed by atoms with E-state index in [1.807, 2.05) is 6.92 Å². The van der Waals surface area contributed by atoms with E-state index in [1.165, 1.54) is 13.8 Å². The third-order valence-corrected chi connectivity index (χ3v) is 2.87. The first-order valence-corrected chi connectivity index (χ1v) is 7.08. The second-order valence-electron chi connectivity index (χ2n) is 3.73. The molecule has 0 aliphatic rings. The molecule has 0 aromatic carbocycles. The summed E-state index contributed by atoms with van der Waals surface area (Å²) in [5.74, 6) is -1.30. The van der Waals surface area contributed by atoms with E-state index in [9.17, 15) is 14.4 Å². The smallest absolute Gasteiger partial charge is 0.316 e. The molecule has 19 heavy (non-hydrogen) atoms. The zero-order valence-electron chi connectivity index (χ0n) is 11.5. The molecule has 0 radical (unpaired) electrons. The maximum Gasteiger partial charge on any atom is 0.316 e. The van der Waals surface area contributed by atoms with Crippen LogP contribution in [0.2, 0.25) is 0 Å². The number of carbonyl (C=O) groups excluding carboxylic acids is 3. The average Bonchev–Trinajstić information content (AvgIpc) is 2.32. The molecule has 0 aromatic rings. The van der Waals surface area contributed by atoms with Crippen molar-refractivity contribution >= 4 is 29.7 Å². The maximum atomic E-state index is 11.4. The molecular formula is C12H20O6S. The normalized spacial score (nSPS) is 11.5. The van der Waals surface area contributed by atoms with Crippen molar-refractivity contribution in [1.29, 1.82) is 0 Å². The minimum absolute atomic E-state index is 0.0446. The van der Waals surface area contributed by atoms with Crippen LogP contribution in [0, 0.1) is 0 Å². The highest BCUT2D eigenvalue weighted by Crippen LogP contribution is 2.14. The fourth-order valence-electron chi connectivity index (χ4n) is 1.02. The SMILES string of the molecule is CCCCOC(=O)CS[C@H](COC(C)=O)OC(C)=O. The van der Waals surface area contributed by atoms with Crippen LogP contribution in [0.1, 0.15) is 33.6 Å². The predicted octanol–water partition coefficient (Wildman–Crippen LogP) is 1.52. The highest BCUT2D eigenvalue weighted by molar-refractivity contribution is 8.00. The van der Waals surface area contributed by atoms with Crippen molar-refractivity contribution in [2.45, 2.75) is 39.0 Å². The predicted molar refractivity (Wildman–Crippen MR) is 70.5 cm³/mol. The summed E-state index contributed by atoms with van der Waals surface area (Å²) in [5, 5.41) is 0. The monoisotopic (exact) mass is 292 g/mol. The van der Waals surface area contributed by atoms with Gasteiger partial charge in [-0.05, 0) is 6.42 Å². The van der Waals surface area contributed by atoms with Crippen LogP contribution in [-0.2, 0) is 28.6 Å². The van der Waals surface area contributed by atoms with E-state index >= 15 is 0 Å². The molecule has 0 rings (SSSR count). The Morgan fingerprint density at radius 3 is 2.32 bits per heavy atom. The van der Waals surface area contributed by atoms with Gasteiger partial charge in [-0.1, -0.05) is 13.3 Å². The van der Waals surface area contributed by atoms with E-state index in [0.717, 1.165) is 24.6 Å². The number of unbranched alkanes of at least 4 members (excludes halogenated alkanes) is 1. The zero-order chi connectivity index (χ0) is 14.7. The number of thioether (sulfide) groups is 1. The lowest BCUT2D eigenvalue weighted by Crippen LogP contribution is -2.22. The van der Waals surface area contributed by atoms with Crippen molar-refractivity contribution < 1.29 is 28.6 Å². The van der Waals surface area contributed by atoms with Crippen LogP contribution in [-0.4, -0.2) is 42.3 Å². The summed E-state index contributed by atoms with van der Waals surface area (Å²) in [6, 6.07) is 0. The Hall–Kier alpha value is -1.24. The Kier molecular flexibility index (Phi) is 9.97. The van der Waals surface area contributed by atoms with Crippen LogP contribution in [0.5, 0.6) is 0 Å². The van der Waals surface area contributed by atoms with Gasteiger partial charge >= 0.3 is 17.9 Å². The second-order valence-corrected chi connectivity index (χ2v) is 4.87. The first-order valence-electron chi connectivity index (χ1n) is 6.03. The van der Waals surface area contributed by atoms with Gasteiger partial charge in [-0.15, -0.1) is 11.8 Å². The van der Waals surface area contributed by atoms with E-state index in [2.05, 4.69) is 0 Å². The van der Waals surface area contributed by atoms with E-state index < -0.39 is 17.4 Å². The summed E-state index contributed by atoms with van der Waals surface area (Å²) in [5.41, 5.74) is -0.694. The van der Waals surface area contributed by atoms with Crippen molar-refractivity contribution in [3.05, 3.63) is 0 Å². The lowest BCUT2D eigenvalue weighted by Gasteiger charge is -2.15. The van der Waals surface area contributed by atoms with Crippen molar-refractivity contribution in [2.75, 3.05) is 19.0 Å². The van der Waals surface area contributed by atoms with Crippen LogP contribution in [0.4, 0.5) is 0 Å². The number of carbonyl (C=O) groups is 3. The van der Waals surface area contributed by atoms with Crippen molar-refractivity contribution in [1.82, 2.24) is 0 Å². The molecule has 0 amide bonds. The molecule has 0 spiro atoms. The van der Waals surface area contributed by atoms with E-state index in [0.29, 0.717) is 6.61 Å². The number of ether oxygens (including phenoxy) is 3. The summed E-state index contributed by atoms with van der Waals surface area (Å²) in [7, 11) is 0. The standard InChI is InChI=1S/C12H20O6S/c1-4-5-6-16-11(15)8-19-12(18-10(3)14)7-17-9(2)13/h12H,4-8H2,1-3H3/t12-/m1/s1. The molecule has 0 bridgehead atoms. The van der Waals surface area contributed by atoms with Gasteiger partial charge in [-0.25, -0.2) is 0 Å². The molecule has 0 fully saturated rings. The Labute approximate surface area is 117 Å². The summed E-state index contributed by atoms with van der Waals surface area (Å²) in [6.07, 6.45) is 1.76. The minimum atomic E-state index is -0.694. The lowest BCUT2D eigenvalue weighted by molar-refractivity contribution is -0.151. The van der Waals surface area contributed by atoms with E-state index in [4.69, 9.17) is 14.2 Å². The molecular weight excluding hydrogens is 272 g/mol. The Morgan fingerprint density at radius 1 is 1.11 bits per heavy atom. The highest BCUT2D eigenvalue weighted by Gasteiger charge is 2.17. The third kappa shape index (κ3) is 11.6. The third-order valence-electron chi connectivity index (χ3n) is 1.87. The number of hydrogen-bond acceptors (Lipinski definition) is 7. The van der Waals surface area contributed by atoms with Gasteiger partial charge in [0.15, 0.2) is 5.44 Å². The topological polar surface area (TPSA) is 78.9 Å². The second kappa shape index (κ2) is 10.7.